The zero-order valence-electron chi connectivity index (χ0n) is 10.3. The van der Waals surface area contributed by atoms with E-state index in [-0.39, 0.29) is 0 Å². The van der Waals surface area contributed by atoms with E-state index in [2.05, 4.69) is 11.8 Å². The van der Waals surface area contributed by atoms with Crippen molar-refractivity contribution in [2.45, 2.75) is 19.4 Å². The summed E-state index contributed by atoms with van der Waals surface area (Å²) in [5.74, 6) is 0.750. The van der Waals surface area contributed by atoms with Crippen LogP contribution in [0.25, 0.3) is 0 Å². The van der Waals surface area contributed by atoms with Gasteiger partial charge in [0.2, 0.25) is 0 Å². The Balaban J connectivity index is 2.68. The average Bonchev–Trinajstić information content (AvgIpc) is 2.29. The summed E-state index contributed by atoms with van der Waals surface area (Å²) in [6.07, 6.45) is 0.600. The fraction of sp³-hybridized carbons (Fsp3) is 0.538. The highest BCUT2D eigenvalue weighted by Crippen LogP contribution is 2.24. The van der Waals surface area contributed by atoms with Crippen LogP contribution < -0.4 is 4.74 Å². The molecule has 3 heteroatoms. The van der Waals surface area contributed by atoms with Crippen molar-refractivity contribution >= 4 is 0 Å². The molecule has 0 amide bonds. The van der Waals surface area contributed by atoms with Gasteiger partial charge in [0, 0.05) is 12.1 Å². The number of ether oxygens (including phenoxy) is 1. The second-order valence-electron chi connectivity index (χ2n) is 4.02. The molecule has 90 valence electrons. The first-order valence-corrected chi connectivity index (χ1v) is 5.68. The van der Waals surface area contributed by atoms with Gasteiger partial charge < -0.3 is 14.7 Å². The van der Waals surface area contributed by atoms with Crippen LogP contribution in [0.1, 0.15) is 25.0 Å². The summed E-state index contributed by atoms with van der Waals surface area (Å²) in [7, 11) is 3.64. The lowest BCUT2D eigenvalue weighted by molar-refractivity contribution is 0.124. The average molecular weight is 223 g/mol. The summed E-state index contributed by atoms with van der Waals surface area (Å²) in [4.78, 5) is 2.12. The summed E-state index contributed by atoms with van der Waals surface area (Å²) in [5.41, 5.74) is 0.855. The predicted octanol–water partition coefficient (Wildman–Crippen LogP) is 2.07. The zero-order valence-corrected chi connectivity index (χ0v) is 10.3. The van der Waals surface area contributed by atoms with Gasteiger partial charge in [-0.3, -0.25) is 0 Å². The topological polar surface area (TPSA) is 32.7 Å². The fourth-order valence-electron chi connectivity index (χ4n) is 1.81. The summed E-state index contributed by atoms with van der Waals surface area (Å²) >= 11 is 0. The Hall–Kier alpha value is -1.06. The van der Waals surface area contributed by atoms with Crippen LogP contribution in [0.2, 0.25) is 0 Å². The SMILES string of the molecule is CCCN(C)CC(O)c1ccccc1OC. The highest BCUT2D eigenvalue weighted by molar-refractivity contribution is 5.35. The molecule has 0 spiro atoms. The molecule has 1 atom stereocenters. The van der Waals surface area contributed by atoms with Gasteiger partial charge in [-0.05, 0) is 26.1 Å². The third-order valence-electron chi connectivity index (χ3n) is 2.59. The number of nitrogens with zero attached hydrogens (tertiary/aromatic N) is 1. The van der Waals surface area contributed by atoms with Crippen LogP contribution in [-0.2, 0) is 0 Å². The third kappa shape index (κ3) is 3.51. The monoisotopic (exact) mass is 223 g/mol. The van der Waals surface area contributed by atoms with Crippen molar-refractivity contribution in [1.82, 2.24) is 4.90 Å². The zero-order chi connectivity index (χ0) is 12.0. The highest BCUT2D eigenvalue weighted by atomic mass is 16.5. The first kappa shape index (κ1) is 13.0. The smallest absolute Gasteiger partial charge is 0.124 e. The Bertz CT molecular complexity index is 315. The van der Waals surface area contributed by atoms with Crippen LogP contribution in [0.4, 0.5) is 0 Å². The fourth-order valence-corrected chi connectivity index (χ4v) is 1.81. The number of hydrogen-bond acceptors (Lipinski definition) is 3. The Morgan fingerprint density at radius 1 is 1.38 bits per heavy atom. The van der Waals surface area contributed by atoms with Crippen molar-refractivity contribution in [1.29, 1.82) is 0 Å². The van der Waals surface area contributed by atoms with E-state index >= 15 is 0 Å². The summed E-state index contributed by atoms with van der Waals surface area (Å²) in [6.45, 7) is 3.76. The van der Waals surface area contributed by atoms with Crippen molar-refractivity contribution in [2.24, 2.45) is 0 Å². The van der Waals surface area contributed by atoms with Gasteiger partial charge in [0.25, 0.3) is 0 Å². The number of likely N-dealkylation sites (N-methyl/N-ethyl adjacent to an activating group) is 1. The Morgan fingerprint density at radius 2 is 2.06 bits per heavy atom. The lowest BCUT2D eigenvalue weighted by atomic mass is 10.1. The molecular formula is C13H21NO2. The molecule has 1 aromatic rings. The molecule has 1 unspecified atom stereocenters. The molecular weight excluding hydrogens is 202 g/mol. The molecule has 1 rings (SSSR count). The largest absolute Gasteiger partial charge is 0.496 e. The Morgan fingerprint density at radius 3 is 2.69 bits per heavy atom. The van der Waals surface area contributed by atoms with E-state index in [1.165, 1.54) is 0 Å². The van der Waals surface area contributed by atoms with Crippen molar-refractivity contribution in [3.8, 4) is 5.75 Å². The standard InChI is InChI=1S/C13H21NO2/c1-4-9-14(2)10-12(15)11-7-5-6-8-13(11)16-3/h5-8,12,15H,4,9-10H2,1-3H3. The number of rotatable bonds is 6. The maximum Gasteiger partial charge on any atom is 0.124 e. The normalized spacial score (nSPS) is 12.8. The van der Waals surface area contributed by atoms with Crippen LogP contribution in [0.15, 0.2) is 24.3 Å². The van der Waals surface area contributed by atoms with E-state index in [1.54, 1.807) is 7.11 Å². The first-order chi connectivity index (χ1) is 7.69. The third-order valence-corrected chi connectivity index (χ3v) is 2.59. The van der Waals surface area contributed by atoms with Crippen molar-refractivity contribution in [3.05, 3.63) is 29.8 Å². The number of aliphatic hydroxyl groups excluding tert-OH is 1. The summed E-state index contributed by atoms with van der Waals surface area (Å²) in [6, 6.07) is 7.60. The predicted molar refractivity (Wildman–Crippen MR) is 65.7 cm³/mol. The van der Waals surface area contributed by atoms with Crippen LogP contribution in [0.3, 0.4) is 0 Å². The molecule has 1 N–H and O–H groups in total. The molecule has 0 bridgehead atoms. The van der Waals surface area contributed by atoms with E-state index in [4.69, 9.17) is 4.74 Å². The van der Waals surface area contributed by atoms with Gasteiger partial charge in [-0.25, -0.2) is 0 Å². The van der Waals surface area contributed by atoms with Crippen LogP contribution in [-0.4, -0.2) is 37.3 Å². The lowest BCUT2D eigenvalue weighted by Gasteiger charge is -2.21. The van der Waals surface area contributed by atoms with E-state index in [0.29, 0.717) is 6.54 Å². The second-order valence-corrected chi connectivity index (χ2v) is 4.02. The minimum Gasteiger partial charge on any atom is -0.496 e. The van der Waals surface area contributed by atoms with Gasteiger partial charge in [-0.15, -0.1) is 0 Å². The van der Waals surface area contributed by atoms with Crippen LogP contribution in [0, 0.1) is 0 Å². The van der Waals surface area contributed by atoms with E-state index < -0.39 is 6.10 Å². The number of hydrogen-bond donors (Lipinski definition) is 1. The van der Waals surface area contributed by atoms with E-state index in [0.717, 1.165) is 24.3 Å². The molecule has 0 heterocycles. The quantitative estimate of drug-likeness (QED) is 0.801. The Labute approximate surface area is 97.7 Å². The molecule has 0 saturated carbocycles. The van der Waals surface area contributed by atoms with Gasteiger partial charge in [-0.2, -0.15) is 0 Å². The molecule has 0 radical (unpaired) electrons. The number of methoxy groups -OCH3 is 1. The molecule has 0 aromatic heterocycles. The maximum absolute atomic E-state index is 10.1. The van der Waals surface area contributed by atoms with Crippen molar-refractivity contribution < 1.29 is 9.84 Å². The van der Waals surface area contributed by atoms with Gasteiger partial charge in [0.1, 0.15) is 5.75 Å². The minimum absolute atomic E-state index is 0.493. The second kappa shape index (κ2) is 6.51. The maximum atomic E-state index is 10.1. The van der Waals surface area contributed by atoms with Crippen molar-refractivity contribution in [3.63, 3.8) is 0 Å². The van der Waals surface area contributed by atoms with Crippen LogP contribution in [0.5, 0.6) is 5.75 Å². The molecule has 0 saturated heterocycles. The summed E-state index contributed by atoms with van der Waals surface area (Å²) < 4.78 is 5.23. The van der Waals surface area contributed by atoms with Gasteiger partial charge in [-0.1, -0.05) is 25.1 Å². The van der Waals surface area contributed by atoms with Gasteiger partial charge >= 0.3 is 0 Å². The number of para-hydroxylation sites is 1. The minimum atomic E-state index is -0.493. The lowest BCUT2D eigenvalue weighted by Crippen LogP contribution is -2.25. The summed E-state index contributed by atoms with van der Waals surface area (Å²) in [5, 5.41) is 10.1. The molecule has 0 aliphatic heterocycles. The molecule has 1 aromatic carbocycles. The van der Waals surface area contributed by atoms with E-state index in [9.17, 15) is 5.11 Å². The van der Waals surface area contributed by atoms with Gasteiger partial charge in [0.15, 0.2) is 0 Å². The first-order valence-electron chi connectivity index (χ1n) is 5.68. The molecule has 0 fully saturated rings. The van der Waals surface area contributed by atoms with Gasteiger partial charge in [0.05, 0.1) is 13.2 Å². The van der Waals surface area contributed by atoms with Crippen LogP contribution >= 0.6 is 0 Å². The van der Waals surface area contributed by atoms with E-state index in [1.807, 2.05) is 31.3 Å². The number of aliphatic hydroxyl groups is 1. The highest BCUT2D eigenvalue weighted by Gasteiger charge is 2.14. The Kier molecular flexibility index (Phi) is 5.29. The molecule has 0 aliphatic carbocycles. The molecule has 0 aliphatic rings. The molecule has 3 nitrogen and oxygen atoms in total. The van der Waals surface area contributed by atoms with Crippen molar-refractivity contribution in [2.75, 3.05) is 27.2 Å². The molecule has 16 heavy (non-hydrogen) atoms. The number of benzene rings is 1.